The Labute approximate surface area is 113 Å². The van der Waals surface area contributed by atoms with E-state index in [1.165, 1.54) is 0 Å². The van der Waals surface area contributed by atoms with Gasteiger partial charge in [0, 0.05) is 12.2 Å². The highest BCUT2D eigenvalue weighted by atomic mass is 16.3. The van der Waals surface area contributed by atoms with Gasteiger partial charge < -0.3 is 15.5 Å². The average Bonchev–Trinajstić information content (AvgIpc) is 2.34. The fourth-order valence-corrected chi connectivity index (χ4v) is 2.19. The molecule has 0 atom stereocenters. The summed E-state index contributed by atoms with van der Waals surface area (Å²) in [4.78, 5) is 0. The Hall–Kier alpha value is -2.16. The van der Waals surface area contributed by atoms with Crippen molar-refractivity contribution in [2.45, 2.75) is 27.3 Å². The second-order valence-corrected chi connectivity index (χ2v) is 4.93. The first-order chi connectivity index (χ1) is 8.97. The SMILES string of the molecule is Cc1cc(O)ccc1NCc1cc(C)c(O)c(C)c1. The minimum atomic E-state index is 0.277. The van der Waals surface area contributed by atoms with E-state index in [4.69, 9.17) is 0 Å². The molecule has 3 nitrogen and oxygen atoms in total. The summed E-state index contributed by atoms with van der Waals surface area (Å²) in [6.45, 7) is 6.44. The summed E-state index contributed by atoms with van der Waals surface area (Å²) in [6, 6.07) is 9.22. The number of aryl methyl sites for hydroxylation is 3. The summed E-state index contributed by atoms with van der Waals surface area (Å²) in [5, 5.41) is 22.5. The van der Waals surface area contributed by atoms with Crippen LogP contribution in [0, 0.1) is 20.8 Å². The number of hydrogen-bond acceptors (Lipinski definition) is 3. The quantitative estimate of drug-likeness (QED) is 0.736. The van der Waals surface area contributed by atoms with Gasteiger partial charge in [-0.2, -0.15) is 0 Å². The van der Waals surface area contributed by atoms with E-state index in [1.54, 1.807) is 12.1 Å². The maximum atomic E-state index is 9.74. The third kappa shape index (κ3) is 2.99. The van der Waals surface area contributed by atoms with Gasteiger partial charge >= 0.3 is 0 Å². The first-order valence-corrected chi connectivity index (χ1v) is 6.30. The average molecular weight is 257 g/mol. The molecule has 3 heteroatoms. The number of aromatic hydroxyl groups is 2. The molecule has 0 fully saturated rings. The predicted octanol–water partition coefficient (Wildman–Crippen LogP) is 3.64. The van der Waals surface area contributed by atoms with Gasteiger partial charge in [0.2, 0.25) is 0 Å². The van der Waals surface area contributed by atoms with Gasteiger partial charge in [-0.15, -0.1) is 0 Å². The van der Waals surface area contributed by atoms with Gasteiger partial charge in [-0.25, -0.2) is 0 Å². The summed E-state index contributed by atoms with van der Waals surface area (Å²) in [5.74, 6) is 0.643. The van der Waals surface area contributed by atoms with Crippen LogP contribution in [0.1, 0.15) is 22.3 Å². The zero-order valence-electron chi connectivity index (χ0n) is 11.5. The van der Waals surface area contributed by atoms with Crippen molar-refractivity contribution in [3.8, 4) is 11.5 Å². The molecule has 100 valence electrons. The van der Waals surface area contributed by atoms with E-state index < -0.39 is 0 Å². The number of hydrogen-bond donors (Lipinski definition) is 3. The van der Waals surface area contributed by atoms with Crippen molar-refractivity contribution in [3.63, 3.8) is 0 Å². The summed E-state index contributed by atoms with van der Waals surface area (Å²) in [6.07, 6.45) is 0. The van der Waals surface area contributed by atoms with Crippen LogP contribution < -0.4 is 5.32 Å². The molecular weight excluding hydrogens is 238 g/mol. The molecule has 0 radical (unpaired) electrons. The molecule has 0 aromatic heterocycles. The van der Waals surface area contributed by atoms with E-state index in [2.05, 4.69) is 5.32 Å². The molecule has 2 aromatic carbocycles. The zero-order valence-corrected chi connectivity index (χ0v) is 11.5. The van der Waals surface area contributed by atoms with Crippen LogP contribution in [-0.2, 0) is 6.54 Å². The highest BCUT2D eigenvalue weighted by molar-refractivity contribution is 5.54. The van der Waals surface area contributed by atoms with Gasteiger partial charge in [-0.3, -0.25) is 0 Å². The standard InChI is InChI=1S/C16H19NO2/c1-10-8-14(18)4-5-15(10)17-9-13-6-11(2)16(19)12(3)7-13/h4-8,17-19H,9H2,1-3H3. The van der Waals surface area contributed by atoms with Crippen molar-refractivity contribution in [3.05, 3.63) is 52.6 Å². The van der Waals surface area contributed by atoms with Gasteiger partial charge in [-0.1, -0.05) is 12.1 Å². The smallest absolute Gasteiger partial charge is 0.121 e. The highest BCUT2D eigenvalue weighted by Crippen LogP contribution is 2.24. The van der Waals surface area contributed by atoms with Crippen LogP contribution in [0.4, 0.5) is 5.69 Å². The van der Waals surface area contributed by atoms with Crippen LogP contribution >= 0.6 is 0 Å². The van der Waals surface area contributed by atoms with Crippen molar-refractivity contribution in [1.82, 2.24) is 0 Å². The Kier molecular flexibility index (Phi) is 3.65. The lowest BCUT2D eigenvalue weighted by atomic mass is 10.1. The largest absolute Gasteiger partial charge is 0.508 e. The maximum Gasteiger partial charge on any atom is 0.121 e. The number of benzene rings is 2. The molecule has 19 heavy (non-hydrogen) atoms. The lowest BCUT2D eigenvalue weighted by Gasteiger charge is -2.12. The Balaban J connectivity index is 2.14. The van der Waals surface area contributed by atoms with Crippen LogP contribution in [0.15, 0.2) is 30.3 Å². The molecule has 0 bridgehead atoms. The van der Waals surface area contributed by atoms with Crippen molar-refractivity contribution in [2.24, 2.45) is 0 Å². The zero-order chi connectivity index (χ0) is 14.0. The molecule has 0 saturated carbocycles. The van der Waals surface area contributed by atoms with Gasteiger partial charge in [0.05, 0.1) is 0 Å². The molecule has 0 unspecified atom stereocenters. The summed E-state index contributed by atoms with van der Waals surface area (Å²) < 4.78 is 0. The van der Waals surface area contributed by atoms with Crippen LogP contribution in [0.5, 0.6) is 11.5 Å². The molecule has 0 aliphatic carbocycles. The fourth-order valence-electron chi connectivity index (χ4n) is 2.19. The number of nitrogens with one attached hydrogen (secondary N) is 1. The third-order valence-electron chi connectivity index (χ3n) is 3.24. The highest BCUT2D eigenvalue weighted by Gasteiger charge is 2.04. The summed E-state index contributed by atoms with van der Waals surface area (Å²) >= 11 is 0. The monoisotopic (exact) mass is 257 g/mol. The molecule has 0 spiro atoms. The Bertz CT molecular complexity index is 583. The van der Waals surface area contributed by atoms with E-state index in [1.807, 2.05) is 39.0 Å². The predicted molar refractivity (Wildman–Crippen MR) is 77.8 cm³/mol. The minimum Gasteiger partial charge on any atom is -0.508 e. The molecular formula is C16H19NO2. The molecule has 0 amide bonds. The molecule has 2 aromatic rings. The van der Waals surface area contributed by atoms with Gasteiger partial charge in [-0.05, 0) is 61.2 Å². The molecule has 0 heterocycles. The van der Waals surface area contributed by atoms with E-state index >= 15 is 0 Å². The second-order valence-electron chi connectivity index (χ2n) is 4.93. The van der Waals surface area contributed by atoms with E-state index in [0.717, 1.165) is 27.9 Å². The normalized spacial score (nSPS) is 10.5. The molecule has 3 N–H and O–H groups in total. The van der Waals surface area contributed by atoms with Crippen LogP contribution in [-0.4, -0.2) is 10.2 Å². The molecule has 0 saturated heterocycles. The number of anilines is 1. The van der Waals surface area contributed by atoms with Crippen LogP contribution in [0.25, 0.3) is 0 Å². The minimum absolute atomic E-state index is 0.277. The summed E-state index contributed by atoms with van der Waals surface area (Å²) in [5.41, 5.74) is 4.91. The van der Waals surface area contributed by atoms with Gasteiger partial charge in [0.1, 0.15) is 11.5 Å². The van der Waals surface area contributed by atoms with E-state index in [0.29, 0.717) is 12.3 Å². The van der Waals surface area contributed by atoms with Gasteiger partial charge in [0.25, 0.3) is 0 Å². The van der Waals surface area contributed by atoms with Crippen LogP contribution in [0.3, 0.4) is 0 Å². The lowest BCUT2D eigenvalue weighted by Crippen LogP contribution is -2.01. The molecule has 0 aliphatic heterocycles. The number of phenols is 2. The van der Waals surface area contributed by atoms with Crippen molar-refractivity contribution >= 4 is 5.69 Å². The summed E-state index contributed by atoms with van der Waals surface area (Å²) in [7, 11) is 0. The fraction of sp³-hybridized carbons (Fsp3) is 0.250. The first kappa shape index (κ1) is 13.3. The van der Waals surface area contributed by atoms with E-state index in [9.17, 15) is 10.2 Å². The molecule has 2 rings (SSSR count). The Morgan fingerprint density at radius 2 is 1.53 bits per heavy atom. The number of rotatable bonds is 3. The van der Waals surface area contributed by atoms with Crippen molar-refractivity contribution in [2.75, 3.05) is 5.32 Å². The first-order valence-electron chi connectivity index (χ1n) is 6.30. The second kappa shape index (κ2) is 5.22. The maximum absolute atomic E-state index is 9.74. The van der Waals surface area contributed by atoms with Crippen LogP contribution in [0.2, 0.25) is 0 Å². The van der Waals surface area contributed by atoms with Crippen molar-refractivity contribution < 1.29 is 10.2 Å². The Morgan fingerprint density at radius 3 is 2.11 bits per heavy atom. The van der Waals surface area contributed by atoms with Crippen molar-refractivity contribution in [1.29, 1.82) is 0 Å². The topological polar surface area (TPSA) is 52.5 Å². The van der Waals surface area contributed by atoms with Gasteiger partial charge in [0.15, 0.2) is 0 Å². The lowest BCUT2D eigenvalue weighted by molar-refractivity contribution is 0.466. The van der Waals surface area contributed by atoms with E-state index in [-0.39, 0.29) is 5.75 Å². The molecule has 0 aliphatic rings. The Morgan fingerprint density at radius 1 is 0.895 bits per heavy atom. The third-order valence-corrected chi connectivity index (χ3v) is 3.24. The number of phenolic OH excluding ortho intramolecular Hbond substituents is 2.